The molecular weight excluding hydrogens is 316 g/mol. The van der Waals surface area contributed by atoms with Gasteiger partial charge in [-0.15, -0.1) is 0 Å². The molecule has 3 rings (SSSR count). The predicted octanol–water partition coefficient (Wildman–Crippen LogP) is 3.27. The maximum Gasteiger partial charge on any atom is 0.161 e. The van der Waals surface area contributed by atoms with Gasteiger partial charge in [0, 0.05) is 25.2 Å². The van der Waals surface area contributed by atoms with Crippen LogP contribution in [0.15, 0.2) is 24.5 Å². The Morgan fingerprint density at radius 3 is 2.52 bits per heavy atom. The second-order valence-corrected chi connectivity index (χ2v) is 6.36. The first-order valence-corrected chi connectivity index (χ1v) is 8.71. The average Bonchev–Trinajstić information content (AvgIpc) is 2.66. The third kappa shape index (κ3) is 3.78. The van der Waals surface area contributed by atoms with E-state index >= 15 is 0 Å². The van der Waals surface area contributed by atoms with E-state index in [2.05, 4.69) is 46.2 Å². The fourth-order valence-electron chi connectivity index (χ4n) is 3.03. The van der Waals surface area contributed by atoms with E-state index in [1.807, 2.05) is 6.07 Å². The summed E-state index contributed by atoms with van der Waals surface area (Å²) in [5.41, 5.74) is 2.56. The molecule has 6 nitrogen and oxygen atoms in total. The number of ether oxygens (including phenoxy) is 2. The SMILES string of the molecule is CC[C@@H](C)Nc1cc(N2CCc3cc(OC)c(OC)cc3C2)ncn1. The number of anilines is 2. The largest absolute Gasteiger partial charge is 0.493 e. The number of benzene rings is 1. The Balaban J connectivity index is 1.82. The van der Waals surface area contributed by atoms with Crippen LogP contribution in [0, 0.1) is 0 Å². The fraction of sp³-hybridized carbons (Fsp3) is 0.474. The van der Waals surface area contributed by atoms with Crippen molar-refractivity contribution < 1.29 is 9.47 Å². The molecule has 0 saturated carbocycles. The van der Waals surface area contributed by atoms with Crippen LogP contribution in [0.2, 0.25) is 0 Å². The molecule has 1 aromatic carbocycles. The van der Waals surface area contributed by atoms with Gasteiger partial charge in [0.25, 0.3) is 0 Å². The van der Waals surface area contributed by atoms with Crippen molar-refractivity contribution in [1.82, 2.24) is 9.97 Å². The standard InChI is InChI=1S/C19H26N4O2/c1-5-13(2)22-18-10-19(21-12-20-18)23-7-6-14-8-16(24-3)17(25-4)9-15(14)11-23/h8-10,12-13H,5-7,11H2,1-4H3,(H,20,21,22)/t13-/m1/s1. The minimum absolute atomic E-state index is 0.390. The van der Waals surface area contributed by atoms with E-state index in [0.717, 1.165) is 49.1 Å². The topological polar surface area (TPSA) is 59.5 Å². The number of rotatable bonds is 6. The number of aromatic nitrogens is 2. The van der Waals surface area contributed by atoms with Crippen LogP contribution in [-0.4, -0.2) is 36.8 Å². The van der Waals surface area contributed by atoms with Gasteiger partial charge in [-0.3, -0.25) is 0 Å². The number of nitrogens with one attached hydrogen (secondary N) is 1. The number of fused-ring (bicyclic) bond motifs is 1. The van der Waals surface area contributed by atoms with E-state index < -0.39 is 0 Å². The van der Waals surface area contributed by atoms with Crippen molar-refractivity contribution in [3.8, 4) is 11.5 Å². The zero-order valence-corrected chi connectivity index (χ0v) is 15.4. The van der Waals surface area contributed by atoms with Crippen LogP contribution in [0.3, 0.4) is 0 Å². The van der Waals surface area contributed by atoms with Gasteiger partial charge in [-0.1, -0.05) is 6.92 Å². The van der Waals surface area contributed by atoms with Crippen molar-refractivity contribution in [3.05, 3.63) is 35.7 Å². The van der Waals surface area contributed by atoms with Gasteiger partial charge in [-0.2, -0.15) is 0 Å². The molecule has 0 saturated heterocycles. The first-order valence-electron chi connectivity index (χ1n) is 8.71. The number of hydrogen-bond acceptors (Lipinski definition) is 6. The van der Waals surface area contributed by atoms with E-state index in [4.69, 9.17) is 9.47 Å². The zero-order valence-electron chi connectivity index (χ0n) is 15.4. The lowest BCUT2D eigenvalue weighted by Gasteiger charge is -2.30. The average molecular weight is 342 g/mol. The van der Waals surface area contributed by atoms with Crippen LogP contribution < -0.4 is 19.7 Å². The maximum absolute atomic E-state index is 5.44. The van der Waals surface area contributed by atoms with Crippen LogP contribution in [-0.2, 0) is 13.0 Å². The Kier molecular flexibility index (Phi) is 5.26. The molecule has 2 heterocycles. The molecule has 0 aliphatic carbocycles. The van der Waals surface area contributed by atoms with Gasteiger partial charge in [-0.25, -0.2) is 9.97 Å². The summed E-state index contributed by atoms with van der Waals surface area (Å²) in [5, 5.41) is 3.41. The van der Waals surface area contributed by atoms with Gasteiger partial charge >= 0.3 is 0 Å². The maximum atomic E-state index is 5.44. The molecule has 1 aromatic heterocycles. The first-order chi connectivity index (χ1) is 12.1. The minimum atomic E-state index is 0.390. The highest BCUT2D eigenvalue weighted by atomic mass is 16.5. The van der Waals surface area contributed by atoms with Crippen molar-refractivity contribution >= 4 is 11.6 Å². The first kappa shape index (κ1) is 17.3. The molecule has 6 heteroatoms. The lowest BCUT2D eigenvalue weighted by molar-refractivity contribution is 0.353. The Bertz CT molecular complexity index is 735. The molecule has 0 spiro atoms. The van der Waals surface area contributed by atoms with Crippen molar-refractivity contribution in [2.45, 2.75) is 39.3 Å². The van der Waals surface area contributed by atoms with Gasteiger partial charge in [0.1, 0.15) is 18.0 Å². The van der Waals surface area contributed by atoms with E-state index in [1.54, 1.807) is 20.5 Å². The summed E-state index contributed by atoms with van der Waals surface area (Å²) < 4.78 is 10.8. The van der Waals surface area contributed by atoms with Gasteiger partial charge in [0.2, 0.25) is 0 Å². The van der Waals surface area contributed by atoms with Crippen molar-refractivity contribution in [2.24, 2.45) is 0 Å². The molecule has 0 bridgehead atoms. The Labute approximate surface area is 149 Å². The summed E-state index contributed by atoms with van der Waals surface area (Å²) in [5.74, 6) is 3.38. The molecule has 1 aliphatic heterocycles. The minimum Gasteiger partial charge on any atom is -0.493 e. The van der Waals surface area contributed by atoms with E-state index in [-0.39, 0.29) is 0 Å². The molecule has 134 valence electrons. The molecule has 25 heavy (non-hydrogen) atoms. The fourth-order valence-corrected chi connectivity index (χ4v) is 3.03. The lowest BCUT2D eigenvalue weighted by atomic mass is 9.99. The highest BCUT2D eigenvalue weighted by Gasteiger charge is 2.20. The summed E-state index contributed by atoms with van der Waals surface area (Å²) in [4.78, 5) is 11.1. The smallest absolute Gasteiger partial charge is 0.161 e. The third-order valence-electron chi connectivity index (χ3n) is 4.70. The summed E-state index contributed by atoms with van der Waals surface area (Å²) >= 11 is 0. The molecular formula is C19H26N4O2. The second-order valence-electron chi connectivity index (χ2n) is 6.36. The third-order valence-corrected chi connectivity index (χ3v) is 4.70. The Morgan fingerprint density at radius 1 is 1.12 bits per heavy atom. The van der Waals surface area contributed by atoms with Gasteiger partial charge in [0.15, 0.2) is 11.5 Å². The lowest BCUT2D eigenvalue weighted by Crippen LogP contribution is -2.31. The summed E-state index contributed by atoms with van der Waals surface area (Å²) in [6.07, 6.45) is 3.63. The van der Waals surface area contributed by atoms with E-state index in [0.29, 0.717) is 6.04 Å². The Morgan fingerprint density at radius 2 is 1.84 bits per heavy atom. The molecule has 1 atom stereocenters. The molecule has 1 aliphatic rings. The van der Waals surface area contributed by atoms with Crippen LogP contribution in [0.25, 0.3) is 0 Å². The predicted molar refractivity (Wildman–Crippen MR) is 99.7 cm³/mol. The Hall–Kier alpha value is -2.50. The molecule has 0 unspecified atom stereocenters. The van der Waals surface area contributed by atoms with E-state index in [9.17, 15) is 0 Å². The normalized spacial score (nSPS) is 14.6. The van der Waals surface area contributed by atoms with Crippen LogP contribution in [0.4, 0.5) is 11.6 Å². The van der Waals surface area contributed by atoms with Crippen LogP contribution >= 0.6 is 0 Å². The van der Waals surface area contributed by atoms with E-state index in [1.165, 1.54) is 11.1 Å². The molecule has 0 amide bonds. The van der Waals surface area contributed by atoms with Crippen molar-refractivity contribution in [1.29, 1.82) is 0 Å². The van der Waals surface area contributed by atoms with Crippen LogP contribution in [0.1, 0.15) is 31.4 Å². The number of hydrogen-bond donors (Lipinski definition) is 1. The second kappa shape index (κ2) is 7.59. The molecule has 0 radical (unpaired) electrons. The van der Waals surface area contributed by atoms with Crippen LogP contribution in [0.5, 0.6) is 11.5 Å². The summed E-state index contributed by atoms with van der Waals surface area (Å²) in [6, 6.07) is 6.57. The number of methoxy groups -OCH3 is 2. The molecule has 2 aromatic rings. The quantitative estimate of drug-likeness (QED) is 0.869. The number of nitrogens with zero attached hydrogens (tertiary/aromatic N) is 3. The van der Waals surface area contributed by atoms with Gasteiger partial charge in [-0.05, 0) is 43.0 Å². The van der Waals surface area contributed by atoms with Gasteiger partial charge in [0.05, 0.1) is 14.2 Å². The summed E-state index contributed by atoms with van der Waals surface area (Å²) in [6.45, 7) is 6.03. The zero-order chi connectivity index (χ0) is 17.8. The van der Waals surface area contributed by atoms with Crippen molar-refractivity contribution in [2.75, 3.05) is 31.0 Å². The molecule has 0 fully saturated rings. The summed E-state index contributed by atoms with van der Waals surface area (Å²) in [7, 11) is 3.34. The highest BCUT2D eigenvalue weighted by molar-refractivity contribution is 5.54. The van der Waals surface area contributed by atoms with Gasteiger partial charge < -0.3 is 19.7 Å². The molecule has 1 N–H and O–H groups in total. The monoisotopic (exact) mass is 342 g/mol. The van der Waals surface area contributed by atoms with Crippen molar-refractivity contribution in [3.63, 3.8) is 0 Å². The highest BCUT2D eigenvalue weighted by Crippen LogP contribution is 2.34.